The average Bonchev–Trinajstić information content (AvgIpc) is 3.55. The highest BCUT2D eigenvalue weighted by molar-refractivity contribution is 7.13. The topological polar surface area (TPSA) is 132 Å². The van der Waals surface area contributed by atoms with Crippen LogP contribution in [0.25, 0.3) is 32.6 Å². The van der Waals surface area contributed by atoms with Crippen LogP contribution in [0.5, 0.6) is 0 Å². The van der Waals surface area contributed by atoms with E-state index in [2.05, 4.69) is 37.8 Å². The molecule has 11 nitrogen and oxygen atoms in total. The first-order chi connectivity index (χ1) is 22.8. The normalized spacial score (nSPS) is 14.4. The molecular weight excluding hydrogens is 647 g/mol. The summed E-state index contributed by atoms with van der Waals surface area (Å²) in [6.07, 6.45) is -3.11. The summed E-state index contributed by atoms with van der Waals surface area (Å²) in [4.78, 5) is 47.7. The van der Waals surface area contributed by atoms with Gasteiger partial charge in [-0.15, -0.1) is 11.3 Å². The van der Waals surface area contributed by atoms with Gasteiger partial charge >= 0.3 is 12.2 Å². The molecule has 1 saturated heterocycles. The lowest BCUT2D eigenvalue weighted by molar-refractivity contribution is -0.140. The zero-order valence-corrected chi connectivity index (χ0v) is 27.7. The number of aliphatic hydroxyl groups is 1. The van der Waals surface area contributed by atoms with E-state index >= 15 is 0 Å². The minimum absolute atomic E-state index is 0.0235. The average molecular weight is 686 g/mol. The number of halogens is 3. The maximum Gasteiger partial charge on any atom is 0.434 e. The number of hydrogen-bond acceptors (Lipinski definition) is 8. The molecule has 0 atom stereocenters. The van der Waals surface area contributed by atoms with Crippen molar-refractivity contribution in [3.8, 4) is 21.7 Å². The number of carbonyl (C=O) groups excluding carboxylic acids is 2. The van der Waals surface area contributed by atoms with Gasteiger partial charge in [0.2, 0.25) is 5.43 Å². The number of anilines is 1. The van der Waals surface area contributed by atoms with Crippen molar-refractivity contribution in [2.75, 3.05) is 58.2 Å². The highest BCUT2D eigenvalue weighted by Gasteiger charge is 2.34. The quantitative estimate of drug-likeness (QED) is 0.196. The molecule has 4 N–H and O–H groups in total. The van der Waals surface area contributed by atoms with E-state index in [4.69, 9.17) is 0 Å². The summed E-state index contributed by atoms with van der Waals surface area (Å²) in [5.41, 5.74) is 0.604. The number of benzene rings is 2. The molecule has 4 aromatic rings. The number of aromatic nitrogens is 2. The second-order valence-electron chi connectivity index (χ2n) is 12.0. The minimum Gasteiger partial charge on any atom is -0.395 e. The Labute approximate surface area is 279 Å². The van der Waals surface area contributed by atoms with Gasteiger partial charge in [0.25, 0.3) is 5.91 Å². The van der Waals surface area contributed by atoms with Crippen LogP contribution >= 0.6 is 11.3 Å². The van der Waals surface area contributed by atoms with Gasteiger partial charge in [0.15, 0.2) is 5.69 Å². The molecule has 3 heterocycles. The number of piperazine rings is 1. The van der Waals surface area contributed by atoms with Crippen LogP contribution in [0, 0.1) is 0 Å². The Balaban J connectivity index is 1.60. The molecule has 0 radical (unpaired) electrons. The van der Waals surface area contributed by atoms with Crippen LogP contribution in [-0.4, -0.2) is 95.4 Å². The number of fused-ring (bicyclic) bond motifs is 1. The van der Waals surface area contributed by atoms with Crippen LogP contribution in [0.2, 0.25) is 0 Å². The number of nitrogens with zero attached hydrogens (tertiary/aromatic N) is 4. The number of nitrogens with one attached hydrogen (secondary N) is 3. The molecule has 0 spiro atoms. The largest absolute Gasteiger partial charge is 0.434 e. The summed E-state index contributed by atoms with van der Waals surface area (Å²) in [5, 5.41) is 18.5. The van der Waals surface area contributed by atoms with Gasteiger partial charge in [-0.2, -0.15) is 13.2 Å². The van der Waals surface area contributed by atoms with Gasteiger partial charge in [-0.1, -0.05) is 12.1 Å². The first-order valence-electron chi connectivity index (χ1n) is 15.6. The number of amides is 3. The molecule has 3 amide bonds. The lowest BCUT2D eigenvalue weighted by Gasteiger charge is -2.32. The van der Waals surface area contributed by atoms with Crippen LogP contribution in [0.15, 0.2) is 52.8 Å². The number of likely N-dealkylation sites (N-methyl/N-ethyl adjacent to an activating group) is 1. The van der Waals surface area contributed by atoms with Crippen LogP contribution < -0.4 is 21.4 Å². The fourth-order valence-electron chi connectivity index (χ4n) is 5.50. The SMILES string of the molecule is CC(C)NC(=O)Nc1ccc(-c2ccc3c(c2)c(=O)c(C(=O)NCCO)cn3CCN2CCN(C)CC2)c(-c2nc(C(F)(F)F)cs2)c1. The Kier molecular flexibility index (Phi) is 10.8. The maximum atomic E-state index is 13.8. The molecule has 0 unspecified atom stereocenters. The smallest absolute Gasteiger partial charge is 0.395 e. The van der Waals surface area contributed by atoms with E-state index < -0.39 is 29.2 Å². The molecule has 1 aliphatic heterocycles. The minimum atomic E-state index is -4.65. The molecule has 15 heteroatoms. The van der Waals surface area contributed by atoms with Crippen molar-refractivity contribution in [2.45, 2.75) is 32.6 Å². The Morgan fingerprint density at radius 2 is 1.79 bits per heavy atom. The number of pyridine rings is 1. The molecule has 0 saturated carbocycles. The molecule has 5 rings (SSSR count). The number of carbonyl (C=O) groups is 2. The third-order valence-corrected chi connectivity index (χ3v) is 8.88. The number of rotatable bonds is 10. The van der Waals surface area contributed by atoms with E-state index in [9.17, 15) is 32.7 Å². The van der Waals surface area contributed by atoms with E-state index in [1.165, 1.54) is 6.20 Å². The predicted octanol–water partition coefficient (Wildman–Crippen LogP) is 4.31. The monoisotopic (exact) mass is 685 g/mol. The van der Waals surface area contributed by atoms with Gasteiger partial charge in [0.05, 0.1) is 12.1 Å². The lowest BCUT2D eigenvalue weighted by atomic mass is 9.97. The first-order valence-corrected chi connectivity index (χ1v) is 16.4. The lowest BCUT2D eigenvalue weighted by Crippen LogP contribution is -2.45. The summed E-state index contributed by atoms with van der Waals surface area (Å²) in [6, 6.07) is 9.36. The van der Waals surface area contributed by atoms with Crippen molar-refractivity contribution < 1.29 is 27.9 Å². The summed E-state index contributed by atoms with van der Waals surface area (Å²) in [6.45, 7) is 8.13. The highest BCUT2D eigenvalue weighted by Crippen LogP contribution is 2.39. The zero-order chi connectivity index (χ0) is 34.6. The van der Waals surface area contributed by atoms with Crippen molar-refractivity contribution in [1.29, 1.82) is 0 Å². The second-order valence-corrected chi connectivity index (χ2v) is 12.8. The van der Waals surface area contributed by atoms with Crippen LogP contribution in [0.3, 0.4) is 0 Å². The molecular formula is C33H38F3N7O4S. The maximum absolute atomic E-state index is 13.8. The van der Waals surface area contributed by atoms with Crippen molar-refractivity contribution >= 4 is 39.9 Å². The highest BCUT2D eigenvalue weighted by atomic mass is 32.1. The second kappa shape index (κ2) is 14.8. The molecule has 2 aromatic carbocycles. The predicted molar refractivity (Wildman–Crippen MR) is 180 cm³/mol. The molecule has 48 heavy (non-hydrogen) atoms. The molecule has 256 valence electrons. The summed E-state index contributed by atoms with van der Waals surface area (Å²) >= 11 is 0.814. The standard InChI is InChI=1S/C33H38F3N7O4S/c1-20(2)38-32(47)39-22-5-6-23(24(17-22)31-40-28(19-48-31)33(34,35)36)21-4-7-27-25(16-21)29(45)26(30(46)37-8-15-44)18-43(27)14-13-42-11-9-41(3)10-12-42/h4-7,16-20,44H,8-15H2,1-3H3,(H,37,46)(H2,38,39,47). The number of aliphatic hydroxyl groups excluding tert-OH is 1. The van der Waals surface area contributed by atoms with Gasteiger partial charge in [-0.3, -0.25) is 14.5 Å². The van der Waals surface area contributed by atoms with Crippen molar-refractivity contribution in [3.05, 3.63) is 69.5 Å². The fraction of sp³-hybridized carbons (Fsp3) is 0.394. The van der Waals surface area contributed by atoms with Crippen molar-refractivity contribution in [2.24, 2.45) is 0 Å². The molecule has 1 aliphatic rings. The summed E-state index contributed by atoms with van der Waals surface area (Å²) in [5.74, 6) is -0.618. The van der Waals surface area contributed by atoms with Gasteiger partial charge in [-0.05, 0) is 56.3 Å². The summed E-state index contributed by atoms with van der Waals surface area (Å²) in [7, 11) is 2.07. The molecule has 1 fully saturated rings. The number of hydrogen-bond donors (Lipinski definition) is 4. The van der Waals surface area contributed by atoms with Crippen LogP contribution in [0.4, 0.5) is 23.7 Å². The Bertz CT molecular complexity index is 1850. The molecule has 0 aliphatic carbocycles. The third kappa shape index (κ3) is 8.21. The fourth-order valence-corrected chi connectivity index (χ4v) is 6.36. The van der Waals surface area contributed by atoms with Crippen LogP contribution in [-0.2, 0) is 12.7 Å². The molecule has 2 aromatic heterocycles. The number of thiazole rings is 1. The van der Waals surface area contributed by atoms with E-state index in [-0.39, 0.29) is 35.2 Å². The Hall–Kier alpha value is -4.31. The van der Waals surface area contributed by atoms with E-state index in [0.717, 1.165) is 42.9 Å². The van der Waals surface area contributed by atoms with Crippen molar-refractivity contribution in [1.82, 2.24) is 30.0 Å². The van der Waals surface area contributed by atoms with E-state index in [0.29, 0.717) is 41.0 Å². The van der Waals surface area contributed by atoms with Gasteiger partial charge < -0.3 is 30.5 Å². The van der Waals surface area contributed by atoms with E-state index in [1.807, 2.05) is 4.57 Å². The Morgan fingerprint density at radius 3 is 2.46 bits per heavy atom. The van der Waals surface area contributed by atoms with E-state index in [1.54, 1.807) is 50.2 Å². The zero-order valence-electron chi connectivity index (χ0n) is 26.9. The van der Waals surface area contributed by atoms with Gasteiger partial charge in [0.1, 0.15) is 10.6 Å². The van der Waals surface area contributed by atoms with Crippen LogP contribution in [0.1, 0.15) is 29.9 Å². The Morgan fingerprint density at radius 1 is 1.04 bits per heavy atom. The van der Waals surface area contributed by atoms with Gasteiger partial charge in [0, 0.05) is 80.1 Å². The number of urea groups is 1. The third-order valence-electron chi connectivity index (χ3n) is 8.01. The first kappa shape index (κ1) is 35.0. The van der Waals surface area contributed by atoms with Gasteiger partial charge in [-0.25, -0.2) is 9.78 Å². The molecule has 0 bridgehead atoms. The number of alkyl halides is 3. The summed E-state index contributed by atoms with van der Waals surface area (Å²) < 4.78 is 42.5. The van der Waals surface area contributed by atoms with Crippen molar-refractivity contribution in [3.63, 3.8) is 0 Å².